The Morgan fingerprint density at radius 3 is 2.64 bits per heavy atom. The first-order chi connectivity index (χ1) is 13.7. The van der Waals surface area contributed by atoms with Crippen LogP contribution in [-0.4, -0.2) is 48.2 Å². The number of hydrogen-bond donors (Lipinski definition) is 2. The molecule has 1 saturated carbocycles. The molecule has 1 aromatic carbocycles. The molecule has 0 bridgehead atoms. The molecular formula is C23H32N2O3. The number of piperidine rings is 1. The van der Waals surface area contributed by atoms with Crippen LogP contribution in [0.1, 0.15) is 61.1 Å². The maximum atomic E-state index is 11.1. The average Bonchev–Trinajstić information content (AvgIpc) is 3.12. The summed E-state index contributed by atoms with van der Waals surface area (Å²) >= 11 is 0. The summed E-state index contributed by atoms with van der Waals surface area (Å²) < 4.78 is 5.84. The van der Waals surface area contributed by atoms with E-state index in [2.05, 4.69) is 10.2 Å². The molecule has 0 spiro atoms. The molecule has 0 unspecified atom stereocenters. The normalized spacial score (nSPS) is 20.0. The van der Waals surface area contributed by atoms with E-state index in [-0.39, 0.29) is 5.56 Å². The van der Waals surface area contributed by atoms with E-state index in [0.717, 1.165) is 30.0 Å². The van der Waals surface area contributed by atoms with Crippen molar-refractivity contribution in [3.8, 4) is 0 Å². The van der Waals surface area contributed by atoms with Crippen LogP contribution < -0.4 is 5.32 Å². The van der Waals surface area contributed by atoms with Gasteiger partial charge in [-0.05, 0) is 62.9 Å². The summed E-state index contributed by atoms with van der Waals surface area (Å²) in [5.74, 6) is 0.934. The third kappa shape index (κ3) is 4.95. The fraction of sp³-hybridized carbons (Fsp3) is 0.609. The Kier molecular flexibility index (Phi) is 6.33. The minimum Gasteiger partial charge on any atom is -0.478 e. The molecule has 152 valence electrons. The van der Waals surface area contributed by atoms with Gasteiger partial charge in [-0.2, -0.15) is 0 Å². The first kappa shape index (κ1) is 19.5. The molecule has 0 radical (unpaired) electrons. The second-order valence-electron chi connectivity index (χ2n) is 8.55. The van der Waals surface area contributed by atoms with Gasteiger partial charge in [-0.25, -0.2) is 4.79 Å². The van der Waals surface area contributed by atoms with Gasteiger partial charge in [-0.3, -0.25) is 0 Å². The molecule has 2 N–H and O–H groups in total. The van der Waals surface area contributed by atoms with Crippen molar-refractivity contribution in [1.29, 1.82) is 0 Å². The lowest BCUT2D eigenvalue weighted by Gasteiger charge is -2.35. The summed E-state index contributed by atoms with van der Waals surface area (Å²) in [4.78, 5) is 13.8. The molecule has 0 atom stereocenters. The number of nitrogens with zero attached hydrogens (tertiary/aromatic N) is 1. The van der Waals surface area contributed by atoms with Crippen molar-refractivity contribution in [2.75, 3.05) is 26.2 Å². The second-order valence-corrected chi connectivity index (χ2v) is 8.55. The molecule has 2 fully saturated rings. The van der Waals surface area contributed by atoms with Gasteiger partial charge in [-0.1, -0.05) is 25.3 Å². The van der Waals surface area contributed by atoms with Gasteiger partial charge in [0.15, 0.2) is 0 Å². The molecule has 2 aliphatic rings. The number of fused-ring (bicyclic) bond motifs is 1. The zero-order valence-electron chi connectivity index (χ0n) is 16.7. The van der Waals surface area contributed by atoms with Crippen LogP contribution in [0.25, 0.3) is 11.0 Å². The van der Waals surface area contributed by atoms with Crippen molar-refractivity contribution in [2.24, 2.45) is 5.92 Å². The van der Waals surface area contributed by atoms with Crippen molar-refractivity contribution >= 4 is 16.9 Å². The molecule has 2 aromatic rings. The van der Waals surface area contributed by atoms with Crippen molar-refractivity contribution in [2.45, 2.75) is 57.4 Å². The number of benzene rings is 1. The zero-order chi connectivity index (χ0) is 19.3. The number of carbonyl (C=O) groups is 1. The number of hydrogen-bond acceptors (Lipinski definition) is 4. The second kappa shape index (κ2) is 9.10. The smallest absolute Gasteiger partial charge is 0.335 e. The summed E-state index contributed by atoms with van der Waals surface area (Å²) in [7, 11) is 0. The Morgan fingerprint density at radius 1 is 1.11 bits per heavy atom. The van der Waals surface area contributed by atoms with Crippen LogP contribution in [0.2, 0.25) is 0 Å². The van der Waals surface area contributed by atoms with Gasteiger partial charge in [0.25, 0.3) is 0 Å². The van der Waals surface area contributed by atoms with E-state index in [0.29, 0.717) is 11.6 Å². The maximum absolute atomic E-state index is 11.1. The van der Waals surface area contributed by atoms with E-state index in [1.54, 1.807) is 12.1 Å². The van der Waals surface area contributed by atoms with Crippen molar-refractivity contribution in [3.63, 3.8) is 0 Å². The Labute approximate surface area is 167 Å². The van der Waals surface area contributed by atoms with E-state index in [9.17, 15) is 4.79 Å². The monoisotopic (exact) mass is 384 g/mol. The van der Waals surface area contributed by atoms with E-state index in [1.165, 1.54) is 64.6 Å². The lowest BCUT2D eigenvalue weighted by molar-refractivity contribution is 0.0697. The number of carboxylic acids is 1. The molecular weight excluding hydrogens is 352 g/mol. The quantitative estimate of drug-likeness (QED) is 0.745. The molecule has 1 aromatic heterocycles. The standard InChI is InChI=1S/C23H32N2O3/c26-23(27)19-7-6-18-14-21(28-22(18)15-19)8-11-24-20-9-12-25(13-10-20)16-17-4-2-1-3-5-17/h6-7,14-15,17,20,24H,1-5,8-13,16H2,(H,26,27). The molecule has 1 saturated heterocycles. The molecule has 4 rings (SSSR count). The number of likely N-dealkylation sites (tertiary alicyclic amines) is 1. The molecule has 5 nitrogen and oxygen atoms in total. The summed E-state index contributed by atoms with van der Waals surface area (Å²) in [6.07, 6.45) is 10.5. The lowest BCUT2D eigenvalue weighted by Crippen LogP contribution is -2.44. The van der Waals surface area contributed by atoms with E-state index in [1.807, 2.05) is 12.1 Å². The van der Waals surface area contributed by atoms with Crippen LogP contribution >= 0.6 is 0 Å². The van der Waals surface area contributed by atoms with Gasteiger partial charge in [0.1, 0.15) is 11.3 Å². The van der Waals surface area contributed by atoms with Gasteiger partial charge < -0.3 is 19.7 Å². The Hall–Kier alpha value is -1.85. The van der Waals surface area contributed by atoms with Gasteiger partial charge in [-0.15, -0.1) is 0 Å². The number of aromatic carboxylic acids is 1. The molecule has 0 amide bonds. The van der Waals surface area contributed by atoms with Crippen LogP contribution in [0.3, 0.4) is 0 Å². The first-order valence-corrected chi connectivity index (χ1v) is 10.9. The van der Waals surface area contributed by atoms with Crippen molar-refractivity contribution in [1.82, 2.24) is 10.2 Å². The van der Waals surface area contributed by atoms with Crippen LogP contribution in [0, 0.1) is 5.92 Å². The fourth-order valence-corrected chi connectivity index (χ4v) is 4.80. The number of rotatable bonds is 7. The highest BCUT2D eigenvalue weighted by Gasteiger charge is 2.22. The highest BCUT2D eigenvalue weighted by atomic mass is 16.4. The largest absolute Gasteiger partial charge is 0.478 e. The summed E-state index contributed by atoms with van der Waals surface area (Å²) in [5, 5.41) is 13.7. The lowest BCUT2D eigenvalue weighted by atomic mass is 9.88. The van der Waals surface area contributed by atoms with Gasteiger partial charge >= 0.3 is 5.97 Å². The fourth-order valence-electron chi connectivity index (χ4n) is 4.80. The SMILES string of the molecule is O=C(O)c1ccc2cc(CCNC3CCN(CC4CCCCC4)CC3)oc2c1. The molecule has 28 heavy (non-hydrogen) atoms. The number of furan rings is 1. The third-order valence-electron chi connectivity index (χ3n) is 6.45. The van der Waals surface area contributed by atoms with Crippen LogP contribution in [0.5, 0.6) is 0 Å². The van der Waals surface area contributed by atoms with Crippen LogP contribution in [-0.2, 0) is 6.42 Å². The van der Waals surface area contributed by atoms with Crippen molar-refractivity contribution < 1.29 is 14.3 Å². The maximum Gasteiger partial charge on any atom is 0.335 e. The minimum absolute atomic E-state index is 0.270. The molecule has 1 aliphatic carbocycles. The predicted octanol–water partition coefficient (Wildman–Crippen LogP) is 4.31. The summed E-state index contributed by atoms with van der Waals surface area (Å²) in [5.41, 5.74) is 0.928. The Balaban J connectivity index is 1.19. The van der Waals surface area contributed by atoms with Crippen LogP contribution in [0.4, 0.5) is 0 Å². The highest BCUT2D eigenvalue weighted by molar-refractivity contribution is 5.92. The van der Waals surface area contributed by atoms with Crippen molar-refractivity contribution in [3.05, 3.63) is 35.6 Å². The minimum atomic E-state index is -0.920. The number of carboxylic acid groups (broad SMARTS) is 1. The summed E-state index contributed by atoms with van der Waals surface area (Å²) in [6, 6.07) is 7.68. The average molecular weight is 385 g/mol. The summed E-state index contributed by atoms with van der Waals surface area (Å²) in [6.45, 7) is 4.65. The topological polar surface area (TPSA) is 65.7 Å². The zero-order valence-corrected chi connectivity index (χ0v) is 16.7. The Bertz CT molecular complexity index is 786. The van der Waals surface area contributed by atoms with Crippen LogP contribution in [0.15, 0.2) is 28.7 Å². The first-order valence-electron chi connectivity index (χ1n) is 10.9. The van der Waals surface area contributed by atoms with Gasteiger partial charge in [0.05, 0.1) is 5.56 Å². The third-order valence-corrected chi connectivity index (χ3v) is 6.45. The Morgan fingerprint density at radius 2 is 1.89 bits per heavy atom. The molecule has 2 heterocycles. The van der Waals surface area contributed by atoms with Gasteiger partial charge in [0.2, 0.25) is 0 Å². The number of nitrogens with one attached hydrogen (secondary N) is 1. The predicted molar refractivity (Wildman–Crippen MR) is 111 cm³/mol. The molecule has 1 aliphatic heterocycles. The molecule has 5 heteroatoms. The van der Waals surface area contributed by atoms with E-state index in [4.69, 9.17) is 9.52 Å². The van der Waals surface area contributed by atoms with E-state index < -0.39 is 5.97 Å². The van der Waals surface area contributed by atoms with Gasteiger partial charge in [0, 0.05) is 30.9 Å². The highest BCUT2D eigenvalue weighted by Crippen LogP contribution is 2.25. The van der Waals surface area contributed by atoms with E-state index >= 15 is 0 Å².